The molecule has 0 aliphatic heterocycles. The van der Waals surface area contributed by atoms with E-state index in [1.54, 1.807) is 12.1 Å². The standard InChI is InChI=1S/C13H9Cl2FN2O2/c1-20-12-3-2-7(6-17-12)18-13(19)8-4-11(16)10(15)5-9(8)14/h2-6H,1H3,(H,18,19). The fourth-order valence-corrected chi connectivity index (χ4v) is 1.94. The van der Waals surface area contributed by atoms with Crippen molar-refractivity contribution in [1.29, 1.82) is 0 Å². The van der Waals surface area contributed by atoms with Crippen LogP contribution in [0.2, 0.25) is 10.0 Å². The molecule has 0 fully saturated rings. The molecule has 20 heavy (non-hydrogen) atoms. The first-order valence-electron chi connectivity index (χ1n) is 5.47. The summed E-state index contributed by atoms with van der Waals surface area (Å²) in [6.07, 6.45) is 1.41. The van der Waals surface area contributed by atoms with Crippen molar-refractivity contribution >= 4 is 34.8 Å². The molecular formula is C13H9Cl2FN2O2. The molecule has 0 radical (unpaired) electrons. The minimum Gasteiger partial charge on any atom is -0.481 e. The van der Waals surface area contributed by atoms with E-state index in [1.165, 1.54) is 19.4 Å². The number of anilines is 1. The molecule has 0 atom stereocenters. The highest BCUT2D eigenvalue weighted by molar-refractivity contribution is 6.37. The summed E-state index contributed by atoms with van der Waals surface area (Å²) in [4.78, 5) is 15.9. The van der Waals surface area contributed by atoms with Crippen molar-refractivity contribution in [2.45, 2.75) is 0 Å². The van der Waals surface area contributed by atoms with Crippen molar-refractivity contribution in [2.75, 3.05) is 12.4 Å². The zero-order valence-corrected chi connectivity index (χ0v) is 11.8. The van der Waals surface area contributed by atoms with Crippen molar-refractivity contribution in [1.82, 2.24) is 4.98 Å². The van der Waals surface area contributed by atoms with Gasteiger partial charge in [0.2, 0.25) is 5.88 Å². The van der Waals surface area contributed by atoms with Crippen LogP contribution in [-0.4, -0.2) is 18.0 Å². The Morgan fingerprint density at radius 3 is 2.65 bits per heavy atom. The quantitative estimate of drug-likeness (QED) is 0.877. The molecule has 0 spiro atoms. The number of hydrogen-bond acceptors (Lipinski definition) is 3. The summed E-state index contributed by atoms with van der Waals surface area (Å²) in [5.41, 5.74) is 0.423. The van der Waals surface area contributed by atoms with Crippen LogP contribution in [0, 0.1) is 5.82 Å². The molecule has 0 aliphatic carbocycles. The average Bonchev–Trinajstić information content (AvgIpc) is 2.43. The zero-order chi connectivity index (χ0) is 14.7. The SMILES string of the molecule is COc1ccc(NC(=O)c2cc(F)c(Cl)cc2Cl)cn1. The molecule has 2 aromatic rings. The molecule has 104 valence electrons. The highest BCUT2D eigenvalue weighted by atomic mass is 35.5. The van der Waals surface area contributed by atoms with Gasteiger partial charge in [-0.15, -0.1) is 0 Å². The zero-order valence-electron chi connectivity index (χ0n) is 10.3. The van der Waals surface area contributed by atoms with Crippen molar-refractivity contribution in [3.05, 3.63) is 51.9 Å². The van der Waals surface area contributed by atoms with Gasteiger partial charge in [0.25, 0.3) is 5.91 Å². The molecule has 1 aromatic heterocycles. The van der Waals surface area contributed by atoms with Gasteiger partial charge >= 0.3 is 0 Å². The first kappa shape index (κ1) is 14.6. The number of ether oxygens (including phenoxy) is 1. The molecule has 0 saturated carbocycles. The van der Waals surface area contributed by atoms with Gasteiger partial charge in [0, 0.05) is 6.07 Å². The number of carbonyl (C=O) groups excluding carboxylic acids is 1. The lowest BCUT2D eigenvalue weighted by atomic mass is 10.2. The Hall–Kier alpha value is -1.85. The van der Waals surface area contributed by atoms with E-state index in [-0.39, 0.29) is 15.6 Å². The fraction of sp³-hybridized carbons (Fsp3) is 0.0769. The van der Waals surface area contributed by atoms with E-state index in [0.29, 0.717) is 11.6 Å². The highest BCUT2D eigenvalue weighted by Gasteiger charge is 2.14. The fourth-order valence-electron chi connectivity index (χ4n) is 1.47. The number of amides is 1. The van der Waals surface area contributed by atoms with E-state index in [9.17, 15) is 9.18 Å². The topological polar surface area (TPSA) is 51.2 Å². The number of nitrogens with one attached hydrogen (secondary N) is 1. The van der Waals surface area contributed by atoms with Gasteiger partial charge < -0.3 is 10.1 Å². The minimum absolute atomic E-state index is 0.00983. The molecular weight excluding hydrogens is 306 g/mol. The second kappa shape index (κ2) is 6.07. The van der Waals surface area contributed by atoms with Gasteiger partial charge in [-0.3, -0.25) is 4.79 Å². The van der Waals surface area contributed by atoms with Crippen LogP contribution in [0.15, 0.2) is 30.5 Å². The lowest BCUT2D eigenvalue weighted by Crippen LogP contribution is -2.13. The Morgan fingerprint density at radius 1 is 1.30 bits per heavy atom. The maximum absolute atomic E-state index is 13.4. The number of halogens is 3. The van der Waals surface area contributed by atoms with Crippen LogP contribution >= 0.6 is 23.2 Å². The third-order valence-electron chi connectivity index (χ3n) is 2.46. The molecule has 1 heterocycles. The maximum Gasteiger partial charge on any atom is 0.257 e. The number of nitrogens with zero attached hydrogens (tertiary/aromatic N) is 1. The number of rotatable bonds is 3. The number of aromatic nitrogens is 1. The monoisotopic (exact) mass is 314 g/mol. The summed E-state index contributed by atoms with van der Waals surface area (Å²) in [5, 5.41) is 2.47. The third-order valence-corrected chi connectivity index (χ3v) is 3.06. The molecule has 0 unspecified atom stereocenters. The Morgan fingerprint density at radius 2 is 2.05 bits per heavy atom. The molecule has 0 bridgehead atoms. The van der Waals surface area contributed by atoms with Crippen LogP contribution in [0.4, 0.5) is 10.1 Å². The third kappa shape index (κ3) is 3.18. The smallest absolute Gasteiger partial charge is 0.257 e. The molecule has 4 nitrogen and oxygen atoms in total. The highest BCUT2D eigenvalue weighted by Crippen LogP contribution is 2.25. The molecule has 2 rings (SSSR count). The number of carbonyl (C=O) groups is 1. The van der Waals surface area contributed by atoms with Crippen molar-refractivity contribution in [2.24, 2.45) is 0 Å². The van der Waals surface area contributed by atoms with Crippen LogP contribution in [0.5, 0.6) is 5.88 Å². The van der Waals surface area contributed by atoms with Crippen molar-refractivity contribution in [3.8, 4) is 5.88 Å². The number of benzene rings is 1. The Balaban J connectivity index is 2.21. The van der Waals surface area contributed by atoms with E-state index in [1.807, 2.05) is 0 Å². The number of pyridine rings is 1. The van der Waals surface area contributed by atoms with Gasteiger partial charge in [-0.25, -0.2) is 9.37 Å². The van der Waals surface area contributed by atoms with E-state index >= 15 is 0 Å². The summed E-state index contributed by atoms with van der Waals surface area (Å²) in [6, 6.07) is 5.35. The second-order valence-electron chi connectivity index (χ2n) is 3.79. The van der Waals surface area contributed by atoms with E-state index in [2.05, 4.69) is 10.3 Å². The predicted molar refractivity (Wildman–Crippen MR) is 75.2 cm³/mol. The normalized spacial score (nSPS) is 10.2. The van der Waals surface area contributed by atoms with Gasteiger partial charge in [0.15, 0.2) is 0 Å². The first-order valence-corrected chi connectivity index (χ1v) is 6.23. The summed E-state index contributed by atoms with van der Waals surface area (Å²) < 4.78 is 18.3. The Labute approximate surface area is 124 Å². The molecule has 0 saturated heterocycles. The molecule has 1 aromatic carbocycles. The van der Waals surface area contributed by atoms with Crippen LogP contribution < -0.4 is 10.1 Å². The Kier molecular flexibility index (Phi) is 4.42. The summed E-state index contributed by atoms with van der Waals surface area (Å²) in [7, 11) is 1.48. The van der Waals surface area contributed by atoms with Crippen LogP contribution in [0.25, 0.3) is 0 Å². The summed E-state index contributed by atoms with van der Waals surface area (Å²) in [6.45, 7) is 0. The van der Waals surface area contributed by atoms with Gasteiger partial charge in [0.1, 0.15) is 5.82 Å². The molecule has 1 amide bonds. The van der Waals surface area contributed by atoms with Gasteiger partial charge in [0.05, 0.1) is 34.6 Å². The lowest BCUT2D eigenvalue weighted by Gasteiger charge is -2.08. The largest absolute Gasteiger partial charge is 0.481 e. The lowest BCUT2D eigenvalue weighted by molar-refractivity contribution is 0.102. The van der Waals surface area contributed by atoms with Crippen LogP contribution in [-0.2, 0) is 0 Å². The second-order valence-corrected chi connectivity index (χ2v) is 4.60. The van der Waals surface area contributed by atoms with Crippen LogP contribution in [0.3, 0.4) is 0 Å². The van der Waals surface area contributed by atoms with Gasteiger partial charge in [-0.2, -0.15) is 0 Å². The van der Waals surface area contributed by atoms with Gasteiger partial charge in [-0.1, -0.05) is 23.2 Å². The van der Waals surface area contributed by atoms with Gasteiger partial charge in [-0.05, 0) is 18.2 Å². The van der Waals surface area contributed by atoms with E-state index in [4.69, 9.17) is 27.9 Å². The molecule has 0 aliphatic rings. The van der Waals surface area contributed by atoms with Crippen molar-refractivity contribution in [3.63, 3.8) is 0 Å². The van der Waals surface area contributed by atoms with Crippen molar-refractivity contribution < 1.29 is 13.9 Å². The summed E-state index contributed by atoms with van der Waals surface area (Å²) >= 11 is 11.4. The Bertz CT molecular complexity index is 648. The molecule has 7 heteroatoms. The number of methoxy groups -OCH3 is 1. The predicted octanol–water partition coefficient (Wildman–Crippen LogP) is 3.79. The van der Waals surface area contributed by atoms with Crippen LogP contribution in [0.1, 0.15) is 10.4 Å². The first-order chi connectivity index (χ1) is 9.51. The summed E-state index contributed by atoms with van der Waals surface area (Å²) in [5.74, 6) is -0.856. The average molecular weight is 315 g/mol. The molecule has 1 N–H and O–H groups in total. The number of hydrogen-bond donors (Lipinski definition) is 1. The van der Waals surface area contributed by atoms with E-state index in [0.717, 1.165) is 6.07 Å². The minimum atomic E-state index is -0.714. The van der Waals surface area contributed by atoms with E-state index < -0.39 is 11.7 Å². The maximum atomic E-state index is 13.4.